The molecular weight excluding hydrogens is 661 g/mol. The van der Waals surface area contributed by atoms with Crippen LogP contribution in [0, 0.1) is 16.2 Å². The van der Waals surface area contributed by atoms with Crippen molar-refractivity contribution in [3.8, 4) is 0 Å². The van der Waals surface area contributed by atoms with Crippen LogP contribution in [0.25, 0.3) is 0 Å². The second-order valence-electron chi connectivity index (χ2n) is 15.6. The molecule has 0 N–H and O–H groups in total. The van der Waals surface area contributed by atoms with Gasteiger partial charge < -0.3 is 13.9 Å². The van der Waals surface area contributed by atoms with Crippen molar-refractivity contribution < 1.29 is 27.1 Å². The minimum absolute atomic E-state index is 0.0123. The van der Waals surface area contributed by atoms with E-state index in [0.717, 1.165) is 15.9 Å². The predicted molar refractivity (Wildman–Crippen MR) is 202 cm³/mol. The van der Waals surface area contributed by atoms with Crippen molar-refractivity contribution in [2.75, 3.05) is 20.8 Å². The van der Waals surface area contributed by atoms with Crippen LogP contribution in [0.15, 0.2) is 133 Å². The van der Waals surface area contributed by atoms with Crippen molar-refractivity contribution in [2.24, 2.45) is 16.2 Å². The first-order chi connectivity index (χ1) is 23.7. The Hall–Kier alpha value is -3.56. The number of Topliss-reactive ketones (excluding diaryl/α,β-unsaturated/α-hetero) is 1. The first-order valence-corrected chi connectivity index (χ1v) is 20.7. The van der Waals surface area contributed by atoms with Crippen LogP contribution in [0.5, 0.6) is 0 Å². The topological polar surface area (TPSA) is 78.9 Å². The molecule has 8 heteroatoms. The fourth-order valence-corrected chi connectivity index (χ4v) is 18.2. The summed E-state index contributed by atoms with van der Waals surface area (Å²) >= 11 is 0. The number of ether oxygens (including phenoxy) is 2. The predicted octanol–water partition coefficient (Wildman–Crippen LogP) is 7.21. The van der Waals surface area contributed by atoms with Crippen LogP contribution in [0.3, 0.4) is 0 Å². The highest BCUT2D eigenvalue weighted by Gasteiger charge is 3.08. The van der Waals surface area contributed by atoms with E-state index in [0.29, 0.717) is 12.2 Å². The third-order valence-corrected chi connectivity index (χ3v) is 19.9. The zero-order valence-electron chi connectivity index (χ0n) is 30.4. The van der Waals surface area contributed by atoms with Crippen molar-refractivity contribution in [3.05, 3.63) is 128 Å². The summed E-state index contributed by atoms with van der Waals surface area (Å²) in [6.45, 7) is 18.5. The first-order valence-electron chi connectivity index (χ1n) is 17.3. The van der Waals surface area contributed by atoms with E-state index in [1.165, 1.54) is 0 Å². The van der Waals surface area contributed by atoms with E-state index in [4.69, 9.17) is 13.9 Å². The number of methoxy groups -OCH3 is 2. The summed E-state index contributed by atoms with van der Waals surface area (Å²) in [7, 11) is -4.41. The van der Waals surface area contributed by atoms with Gasteiger partial charge in [0.25, 0.3) is 8.32 Å². The number of allylic oxidation sites excluding steroid dienone is 3. The summed E-state index contributed by atoms with van der Waals surface area (Å²) in [4.78, 5) is 15.7. The number of rotatable bonds is 13. The lowest BCUT2D eigenvalue weighted by Crippen LogP contribution is -2.69. The molecule has 4 atom stereocenters. The van der Waals surface area contributed by atoms with Crippen LogP contribution in [-0.4, -0.2) is 53.7 Å². The molecule has 3 aromatic carbocycles. The molecule has 6 nitrogen and oxygen atoms in total. The molecule has 0 bridgehead atoms. The molecule has 0 aliphatic heterocycles. The summed E-state index contributed by atoms with van der Waals surface area (Å²) in [6.07, 6.45) is 4.52. The van der Waals surface area contributed by atoms with Gasteiger partial charge in [0.2, 0.25) is 0 Å². The van der Waals surface area contributed by atoms with Crippen LogP contribution in [0.2, 0.25) is 5.04 Å². The highest BCUT2D eigenvalue weighted by molar-refractivity contribution is 7.94. The molecule has 2 saturated carbocycles. The lowest BCUT2D eigenvalue weighted by Gasteiger charge is -2.55. The second kappa shape index (κ2) is 12.0. The van der Waals surface area contributed by atoms with E-state index in [1.807, 2.05) is 56.3 Å². The largest absolute Gasteiger partial charge is 0.500 e. The van der Waals surface area contributed by atoms with Crippen molar-refractivity contribution in [2.45, 2.75) is 74.2 Å². The molecule has 0 saturated heterocycles. The quantitative estimate of drug-likeness (QED) is 0.138. The number of carbonyl (C=O) groups is 1. The molecule has 6 rings (SSSR count). The van der Waals surface area contributed by atoms with Gasteiger partial charge in [-0.2, -0.15) is 0 Å². The van der Waals surface area contributed by atoms with Gasteiger partial charge in [-0.05, 0) is 52.4 Å². The van der Waals surface area contributed by atoms with Gasteiger partial charge in [-0.3, -0.25) is 4.79 Å². The summed E-state index contributed by atoms with van der Waals surface area (Å²) in [5, 5.41) is 1.76. The van der Waals surface area contributed by atoms with E-state index in [-0.39, 0.29) is 35.2 Å². The molecule has 3 aliphatic rings. The van der Waals surface area contributed by atoms with Crippen molar-refractivity contribution in [1.82, 2.24) is 0 Å². The van der Waals surface area contributed by atoms with Crippen LogP contribution < -0.4 is 10.4 Å². The van der Waals surface area contributed by atoms with E-state index >= 15 is 13.2 Å². The maximum Gasteiger partial charge on any atom is 0.261 e. The Balaban J connectivity index is 1.73. The summed E-state index contributed by atoms with van der Waals surface area (Å²) in [5.41, 5.74) is -4.48. The molecular formula is C42H50O6SSi. The molecule has 50 heavy (non-hydrogen) atoms. The molecule has 0 unspecified atom stereocenters. The number of fused-ring (bicyclic) bond motifs is 1. The number of sulfone groups is 1. The summed E-state index contributed by atoms with van der Waals surface area (Å²) < 4.78 is 49.9. The fourth-order valence-electron chi connectivity index (χ4n) is 10.7. The number of hydrogen-bond acceptors (Lipinski definition) is 6. The molecule has 2 fully saturated rings. The summed E-state index contributed by atoms with van der Waals surface area (Å²) in [6, 6.07) is 28.9. The Morgan fingerprint density at radius 3 is 1.80 bits per heavy atom. The third-order valence-electron chi connectivity index (χ3n) is 12.3. The van der Waals surface area contributed by atoms with Gasteiger partial charge in [-0.1, -0.05) is 126 Å². The maximum atomic E-state index is 15.6. The third kappa shape index (κ3) is 3.96. The zero-order valence-corrected chi connectivity index (χ0v) is 32.2. The van der Waals surface area contributed by atoms with Crippen molar-refractivity contribution in [1.29, 1.82) is 0 Å². The maximum absolute atomic E-state index is 15.6. The standard InChI is InChI=1S/C42H50O6SSi/c1-10-21-31-29-39(28-11-2)41(49(44,45)32-22-15-12-16-23-32)36(43)38(6,7)40(35(31)46-8,42(39,41)47-9)30-48-50(37(3,4)5,33-24-17-13-18-25-33)34-26-19-14-20-27-34/h10-20,22-27H,1-2,21,28-30H2,3-9H3/t39-,40+,41-,42-/m0/s1. The first kappa shape index (κ1) is 36.2. The van der Waals surface area contributed by atoms with Crippen LogP contribution in [0.4, 0.5) is 0 Å². The number of carbonyl (C=O) groups excluding carboxylic acids is 1. The Labute approximate surface area is 299 Å². The Kier molecular flexibility index (Phi) is 8.70. The van der Waals surface area contributed by atoms with Crippen LogP contribution >= 0.6 is 0 Å². The number of ketones is 1. The number of hydrogen-bond donors (Lipinski definition) is 0. The van der Waals surface area contributed by atoms with Gasteiger partial charge in [0.1, 0.15) is 11.4 Å². The SMILES string of the molecule is C=CCC1=C(OC)[C@]2(CO[Si](c3ccccc3)(c3ccccc3)C(C)(C)C)C(C)(C)C(=O)[C@]3(S(=O)(=O)c4ccccc4)[C@](CC=C)(C1)[C@@]32OC. The van der Waals surface area contributed by atoms with Crippen molar-refractivity contribution in [3.63, 3.8) is 0 Å². The average Bonchev–Trinajstić information content (AvgIpc) is 3.61. The molecule has 0 heterocycles. The van der Waals surface area contributed by atoms with Gasteiger partial charge in [0.05, 0.1) is 24.0 Å². The molecule has 0 amide bonds. The lowest BCUT2D eigenvalue weighted by molar-refractivity contribution is -0.153. The molecule has 0 aromatic heterocycles. The van der Waals surface area contributed by atoms with E-state index in [2.05, 4.69) is 58.2 Å². The molecule has 3 aromatic rings. The Morgan fingerprint density at radius 2 is 1.36 bits per heavy atom. The second-order valence-corrected chi connectivity index (χ2v) is 22.0. The van der Waals surface area contributed by atoms with E-state index in [1.54, 1.807) is 50.6 Å². The molecule has 3 aliphatic carbocycles. The Bertz CT molecular complexity index is 1910. The van der Waals surface area contributed by atoms with E-state index < -0.39 is 44.7 Å². The molecule has 0 spiro atoms. The van der Waals surface area contributed by atoms with Crippen LogP contribution in [0.1, 0.15) is 53.9 Å². The highest BCUT2D eigenvalue weighted by atomic mass is 32.2. The smallest absolute Gasteiger partial charge is 0.261 e. The van der Waals surface area contributed by atoms with Gasteiger partial charge in [0.15, 0.2) is 20.4 Å². The number of benzene rings is 3. The average molecular weight is 711 g/mol. The fraction of sp³-hybridized carbons (Fsp3) is 0.405. The van der Waals surface area contributed by atoms with Gasteiger partial charge in [0, 0.05) is 17.9 Å². The van der Waals surface area contributed by atoms with E-state index in [9.17, 15) is 0 Å². The molecule has 0 radical (unpaired) electrons. The lowest BCUT2D eigenvalue weighted by atomic mass is 9.54. The van der Waals surface area contributed by atoms with Gasteiger partial charge in [-0.15, -0.1) is 13.2 Å². The van der Waals surface area contributed by atoms with Gasteiger partial charge >= 0.3 is 0 Å². The highest BCUT2D eigenvalue weighted by Crippen LogP contribution is 2.92. The monoisotopic (exact) mass is 710 g/mol. The minimum Gasteiger partial charge on any atom is -0.500 e. The molecule has 264 valence electrons. The van der Waals surface area contributed by atoms with Crippen molar-refractivity contribution >= 4 is 34.3 Å². The Morgan fingerprint density at radius 1 is 0.840 bits per heavy atom. The normalized spacial score (nSPS) is 28.6. The summed E-state index contributed by atoms with van der Waals surface area (Å²) in [5.74, 6) is 0.175. The van der Waals surface area contributed by atoms with Gasteiger partial charge in [-0.25, -0.2) is 8.42 Å². The zero-order chi connectivity index (χ0) is 36.4. The minimum atomic E-state index is -4.36. The van der Waals surface area contributed by atoms with Crippen LogP contribution in [-0.2, 0) is 28.5 Å².